The molecule has 8 nitrogen and oxygen atoms in total. The highest BCUT2D eigenvalue weighted by atomic mass is 32.2. The Morgan fingerprint density at radius 1 is 1.39 bits per heavy atom. The number of nitrogens with zero attached hydrogens (tertiary/aromatic N) is 4. The van der Waals surface area contributed by atoms with Crippen molar-refractivity contribution in [1.82, 2.24) is 19.1 Å². The molecular formula is C14H19N5O3S. The van der Waals surface area contributed by atoms with E-state index >= 15 is 0 Å². The van der Waals surface area contributed by atoms with Gasteiger partial charge < -0.3 is 5.73 Å². The third-order valence-corrected chi connectivity index (χ3v) is 6.10. The largest absolute Gasteiger partial charge is 0.368 e. The summed E-state index contributed by atoms with van der Waals surface area (Å²) in [7, 11) is -2.07. The Hall–Kier alpha value is -2.00. The lowest BCUT2D eigenvalue weighted by Crippen LogP contribution is -2.50. The zero-order valence-corrected chi connectivity index (χ0v) is 13.9. The average Bonchev–Trinajstić information content (AvgIpc) is 2.81. The number of rotatable bonds is 3. The SMILES string of the molecule is Cc1nn(C)c2ncc(S(=O)(=O)N3CCCCC3C(N)=O)cc12. The molecule has 2 aromatic rings. The van der Waals surface area contributed by atoms with E-state index in [0.29, 0.717) is 36.1 Å². The van der Waals surface area contributed by atoms with Crippen molar-refractivity contribution < 1.29 is 13.2 Å². The fourth-order valence-electron chi connectivity index (χ4n) is 3.04. The van der Waals surface area contributed by atoms with Gasteiger partial charge in [-0.3, -0.25) is 9.48 Å². The summed E-state index contributed by atoms with van der Waals surface area (Å²) in [5.41, 5.74) is 6.70. The highest BCUT2D eigenvalue weighted by Crippen LogP contribution is 2.27. The highest BCUT2D eigenvalue weighted by molar-refractivity contribution is 7.89. The van der Waals surface area contributed by atoms with E-state index in [1.54, 1.807) is 24.7 Å². The Morgan fingerprint density at radius 3 is 2.83 bits per heavy atom. The third-order valence-electron chi connectivity index (χ3n) is 4.23. The zero-order valence-electron chi connectivity index (χ0n) is 13.1. The second kappa shape index (κ2) is 5.57. The molecule has 1 amide bonds. The highest BCUT2D eigenvalue weighted by Gasteiger charge is 2.37. The van der Waals surface area contributed by atoms with Gasteiger partial charge in [0.15, 0.2) is 5.65 Å². The number of nitrogens with two attached hydrogens (primary N) is 1. The molecule has 0 radical (unpaired) electrons. The van der Waals surface area contributed by atoms with Crippen molar-refractivity contribution >= 4 is 27.0 Å². The maximum absolute atomic E-state index is 12.9. The first kappa shape index (κ1) is 15.9. The molecule has 9 heteroatoms. The second-order valence-electron chi connectivity index (χ2n) is 5.78. The lowest BCUT2D eigenvalue weighted by Gasteiger charge is -2.32. The Labute approximate surface area is 134 Å². The van der Waals surface area contributed by atoms with Crippen LogP contribution in [0.3, 0.4) is 0 Å². The summed E-state index contributed by atoms with van der Waals surface area (Å²) in [6, 6.07) is 0.770. The molecule has 3 heterocycles. The maximum atomic E-state index is 12.9. The fourth-order valence-corrected chi connectivity index (χ4v) is 4.68. The number of aryl methyl sites for hydroxylation is 2. The van der Waals surface area contributed by atoms with Crippen molar-refractivity contribution in [1.29, 1.82) is 0 Å². The molecule has 1 fully saturated rings. The smallest absolute Gasteiger partial charge is 0.245 e. The van der Waals surface area contributed by atoms with E-state index in [0.717, 1.165) is 6.42 Å². The molecule has 1 aliphatic heterocycles. The van der Waals surface area contributed by atoms with Crippen molar-refractivity contribution in [2.45, 2.75) is 37.1 Å². The van der Waals surface area contributed by atoms with E-state index < -0.39 is 22.0 Å². The van der Waals surface area contributed by atoms with Crippen LogP contribution in [0.5, 0.6) is 0 Å². The molecule has 1 aliphatic rings. The van der Waals surface area contributed by atoms with Crippen LogP contribution in [0.4, 0.5) is 0 Å². The standard InChI is InChI=1S/C14H19N5O3S/c1-9-11-7-10(8-16-14(11)18(2)17-9)23(21,22)19-6-4-3-5-12(19)13(15)20/h7-8,12H,3-6H2,1-2H3,(H2,15,20). The molecule has 0 saturated carbocycles. The van der Waals surface area contributed by atoms with Crippen LogP contribution in [0, 0.1) is 6.92 Å². The van der Waals surface area contributed by atoms with Gasteiger partial charge in [-0.15, -0.1) is 0 Å². The first-order valence-electron chi connectivity index (χ1n) is 7.43. The summed E-state index contributed by atoms with van der Waals surface area (Å²) < 4.78 is 28.6. The topological polar surface area (TPSA) is 111 Å². The number of primary amides is 1. The summed E-state index contributed by atoms with van der Waals surface area (Å²) in [6.45, 7) is 2.09. The van der Waals surface area contributed by atoms with Gasteiger partial charge >= 0.3 is 0 Å². The van der Waals surface area contributed by atoms with Crippen LogP contribution in [0.15, 0.2) is 17.2 Å². The van der Waals surface area contributed by atoms with Crippen LogP contribution < -0.4 is 5.73 Å². The minimum Gasteiger partial charge on any atom is -0.368 e. The van der Waals surface area contributed by atoms with Crippen molar-refractivity contribution in [3.63, 3.8) is 0 Å². The number of pyridine rings is 1. The van der Waals surface area contributed by atoms with E-state index in [1.165, 1.54) is 10.5 Å². The average molecular weight is 337 g/mol. The summed E-state index contributed by atoms with van der Waals surface area (Å²) in [5, 5.41) is 4.92. The molecule has 0 spiro atoms. The molecule has 1 saturated heterocycles. The van der Waals surface area contributed by atoms with E-state index in [1.807, 2.05) is 0 Å². The van der Waals surface area contributed by atoms with Gasteiger partial charge in [0.2, 0.25) is 15.9 Å². The lowest BCUT2D eigenvalue weighted by molar-refractivity contribution is -0.122. The van der Waals surface area contributed by atoms with Gasteiger partial charge in [0, 0.05) is 25.2 Å². The van der Waals surface area contributed by atoms with Gasteiger partial charge in [-0.05, 0) is 25.8 Å². The molecule has 0 aromatic carbocycles. The molecule has 23 heavy (non-hydrogen) atoms. The number of fused-ring (bicyclic) bond motifs is 1. The van der Waals surface area contributed by atoms with Crippen molar-refractivity contribution in [3.05, 3.63) is 18.0 Å². The summed E-state index contributed by atoms with van der Waals surface area (Å²) in [5.74, 6) is -0.611. The minimum absolute atomic E-state index is 0.0641. The van der Waals surface area contributed by atoms with Crippen LogP contribution in [0.1, 0.15) is 25.0 Å². The number of aromatic nitrogens is 3. The van der Waals surface area contributed by atoms with Crippen molar-refractivity contribution in [3.8, 4) is 0 Å². The Balaban J connectivity index is 2.08. The normalized spacial score (nSPS) is 20.0. The zero-order chi connectivity index (χ0) is 16.8. The van der Waals surface area contributed by atoms with Crippen LogP contribution >= 0.6 is 0 Å². The van der Waals surface area contributed by atoms with Gasteiger partial charge in [0.1, 0.15) is 10.9 Å². The molecule has 0 bridgehead atoms. The minimum atomic E-state index is -3.82. The van der Waals surface area contributed by atoms with Crippen LogP contribution in [0.25, 0.3) is 11.0 Å². The van der Waals surface area contributed by atoms with Gasteiger partial charge in [0.05, 0.1) is 5.69 Å². The van der Waals surface area contributed by atoms with Crippen LogP contribution in [0.2, 0.25) is 0 Å². The molecule has 2 N–H and O–H groups in total. The van der Waals surface area contributed by atoms with Crippen LogP contribution in [-0.4, -0.2) is 46.0 Å². The van der Waals surface area contributed by atoms with Gasteiger partial charge in [0.25, 0.3) is 0 Å². The molecule has 124 valence electrons. The fraction of sp³-hybridized carbons (Fsp3) is 0.500. The molecule has 2 aromatic heterocycles. The first-order chi connectivity index (χ1) is 10.8. The Morgan fingerprint density at radius 2 is 2.13 bits per heavy atom. The molecule has 1 atom stereocenters. The molecule has 0 aliphatic carbocycles. The number of carbonyl (C=O) groups is 1. The number of hydrogen-bond acceptors (Lipinski definition) is 5. The summed E-state index contributed by atoms with van der Waals surface area (Å²) in [4.78, 5) is 15.9. The Kier molecular flexibility index (Phi) is 3.85. The predicted octanol–water partition coefficient (Wildman–Crippen LogP) is 0.305. The summed E-state index contributed by atoms with van der Waals surface area (Å²) in [6.07, 6.45) is 3.27. The third kappa shape index (κ3) is 2.59. The van der Waals surface area contributed by atoms with Crippen molar-refractivity contribution in [2.24, 2.45) is 12.8 Å². The summed E-state index contributed by atoms with van der Waals surface area (Å²) >= 11 is 0. The van der Waals surface area contributed by atoms with Gasteiger partial charge in [-0.1, -0.05) is 6.42 Å². The van der Waals surface area contributed by atoms with Crippen molar-refractivity contribution in [2.75, 3.05) is 6.54 Å². The van der Waals surface area contributed by atoms with E-state index in [-0.39, 0.29) is 4.90 Å². The van der Waals surface area contributed by atoms with E-state index in [2.05, 4.69) is 10.1 Å². The first-order valence-corrected chi connectivity index (χ1v) is 8.87. The van der Waals surface area contributed by atoms with E-state index in [9.17, 15) is 13.2 Å². The number of hydrogen-bond donors (Lipinski definition) is 1. The molecule has 1 unspecified atom stereocenters. The van der Waals surface area contributed by atoms with E-state index in [4.69, 9.17) is 5.73 Å². The maximum Gasteiger partial charge on any atom is 0.245 e. The number of carbonyl (C=O) groups excluding carboxylic acids is 1. The second-order valence-corrected chi connectivity index (χ2v) is 7.67. The Bertz CT molecular complexity index is 874. The number of amides is 1. The quantitative estimate of drug-likeness (QED) is 0.866. The molecular weight excluding hydrogens is 318 g/mol. The van der Waals surface area contributed by atoms with Gasteiger partial charge in [-0.25, -0.2) is 13.4 Å². The van der Waals surface area contributed by atoms with Crippen LogP contribution in [-0.2, 0) is 21.9 Å². The molecule has 3 rings (SSSR count). The predicted molar refractivity (Wildman–Crippen MR) is 84.0 cm³/mol. The number of piperidine rings is 1. The monoisotopic (exact) mass is 337 g/mol. The number of sulfonamides is 1. The van der Waals surface area contributed by atoms with Gasteiger partial charge in [-0.2, -0.15) is 9.40 Å². The lowest BCUT2D eigenvalue weighted by atomic mass is 10.0.